The van der Waals surface area contributed by atoms with Crippen LogP contribution in [0, 0.1) is 29.1 Å². The molecule has 3 N–H and O–H groups in total. The summed E-state index contributed by atoms with van der Waals surface area (Å²) in [5, 5.41) is 30.2. The molecule has 0 amide bonds. The Morgan fingerprint density at radius 2 is 1.70 bits per heavy atom. The number of aliphatic hydroxyl groups is 3. The van der Waals surface area contributed by atoms with Gasteiger partial charge in [0.15, 0.2) is 0 Å². The first-order valence-electron chi connectivity index (χ1n) is 12.2. The van der Waals surface area contributed by atoms with E-state index in [4.69, 9.17) is 0 Å². The summed E-state index contributed by atoms with van der Waals surface area (Å²) in [7, 11) is 0. The molecule has 170 valence electrons. The zero-order valence-corrected chi connectivity index (χ0v) is 19.8. The number of allylic oxidation sites excluding steroid dienone is 4. The second kappa shape index (κ2) is 9.30. The van der Waals surface area contributed by atoms with E-state index in [9.17, 15) is 15.3 Å². The Morgan fingerprint density at radius 1 is 1.03 bits per heavy atom. The van der Waals surface area contributed by atoms with Crippen LogP contribution in [0.5, 0.6) is 0 Å². The Balaban J connectivity index is 1.73. The molecule has 0 radical (unpaired) electrons. The molecule has 0 aromatic rings. The molecular weight excluding hydrogens is 372 g/mol. The van der Waals surface area contributed by atoms with Crippen molar-refractivity contribution in [2.75, 3.05) is 0 Å². The highest BCUT2D eigenvalue weighted by Crippen LogP contribution is 2.59. The monoisotopic (exact) mass is 416 g/mol. The summed E-state index contributed by atoms with van der Waals surface area (Å²) >= 11 is 0. The van der Waals surface area contributed by atoms with Crippen molar-refractivity contribution in [2.24, 2.45) is 29.1 Å². The van der Waals surface area contributed by atoms with Crippen molar-refractivity contribution in [1.29, 1.82) is 0 Å². The van der Waals surface area contributed by atoms with Crippen molar-refractivity contribution >= 4 is 0 Å². The third-order valence-electron chi connectivity index (χ3n) is 8.56. The molecule has 0 saturated heterocycles. The Kier molecular flexibility index (Phi) is 7.37. The molecule has 7 atom stereocenters. The SMILES string of the molecule is C[C@H](/C=C/[C@H](C)C(C)(C)O)[C@H]1CC[C@@H]2C(=CC=C3C[C@@H](O)C[C@H](O)C3)CCC[C@@]21C. The second-order valence-corrected chi connectivity index (χ2v) is 11.3. The fraction of sp³-hybridized carbons (Fsp3) is 0.778. The summed E-state index contributed by atoms with van der Waals surface area (Å²) < 4.78 is 0. The first-order valence-corrected chi connectivity index (χ1v) is 12.2. The quantitative estimate of drug-likeness (QED) is 0.514. The van der Waals surface area contributed by atoms with Crippen molar-refractivity contribution < 1.29 is 15.3 Å². The van der Waals surface area contributed by atoms with Gasteiger partial charge >= 0.3 is 0 Å². The summed E-state index contributed by atoms with van der Waals surface area (Å²) in [5.41, 5.74) is 2.43. The fourth-order valence-electron chi connectivity index (χ4n) is 6.39. The van der Waals surface area contributed by atoms with Crippen molar-refractivity contribution in [1.82, 2.24) is 0 Å². The van der Waals surface area contributed by atoms with Gasteiger partial charge in [0.05, 0.1) is 17.8 Å². The van der Waals surface area contributed by atoms with E-state index < -0.39 is 17.8 Å². The van der Waals surface area contributed by atoms with Crippen LogP contribution in [0.2, 0.25) is 0 Å². The zero-order valence-electron chi connectivity index (χ0n) is 19.8. The average molecular weight is 417 g/mol. The van der Waals surface area contributed by atoms with E-state index in [0.29, 0.717) is 42.4 Å². The average Bonchev–Trinajstić information content (AvgIpc) is 3.00. The minimum Gasteiger partial charge on any atom is -0.393 e. The zero-order chi connectivity index (χ0) is 22.1. The van der Waals surface area contributed by atoms with Gasteiger partial charge in [-0.1, -0.05) is 56.2 Å². The van der Waals surface area contributed by atoms with E-state index in [1.807, 2.05) is 13.8 Å². The maximum atomic E-state index is 10.2. The lowest BCUT2D eigenvalue weighted by Crippen LogP contribution is -2.35. The molecule has 0 bridgehead atoms. The Labute approximate surface area is 184 Å². The van der Waals surface area contributed by atoms with E-state index in [0.717, 1.165) is 0 Å². The molecule has 0 spiro atoms. The van der Waals surface area contributed by atoms with Gasteiger partial charge in [-0.25, -0.2) is 0 Å². The van der Waals surface area contributed by atoms with Crippen LogP contribution < -0.4 is 0 Å². The van der Waals surface area contributed by atoms with Crippen LogP contribution in [0.1, 0.15) is 86.0 Å². The molecule has 0 aliphatic heterocycles. The van der Waals surface area contributed by atoms with Crippen molar-refractivity contribution in [2.45, 2.75) is 104 Å². The van der Waals surface area contributed by atoms with Gasteiger partial charge in [-0.3, -0.25) is 0 Å². The molecule has 0 heterocycles. The topological polar surface area (TPSA) is 60.7 Å². The fourth-order valence-corrected chi connectivity index (χ4v) is 6.39. The van der Waals surface area contributed by atoms with Crippen LogP contribution in [0.15, 0.2) is 35.5 Å². The van der Waals surface area contributed by atoms with Crippen LogP contribution >= 0.6 is 0 Å². The number of hydrogen-bond donors (Lipinski definition) is 3. The first kappa shape index (κ1) is 23.8. The van der Waals surface area contributed by atoms with Crippen molar-refractivity contribution in [3.05, 3.63) is 35.5 Å². The summed E-state index contributed by atoms with van der Waals surface area (Å²) in [6, 6.07) is 0. The molecule has 3 rings (SSSR count). The number of rotatable bonds is 5. The maximum Gasteiger partial charge on any atom is 0.0651 e. The Morgan fingerprint density at radius 3 is 2.33 bits per heavy atom. The third-order valence-corrected chi connectivity index (χ3v) is 8.56. The minimum absolute atomic E-state index is 0.152. The normalized spacial score (nSPS) is 38.7. The lowest BCUT2D eigenvalue weighted by atomic mass is 9.61. The second-order valence-electron chi connectivity index (χ2n) is 11.3. The Hall–Kier alpha value is -0.900. The van der Waals surface area contributed by atoms with Crippen LogP contribution in [0.25, 0.3) is 0 Å². The standard InChI is InChI=1S/C27H44O3/c1-18(8-9-19(2)26(3,4)30)24-12-13-25-21(7-6-14-27(24,25)5)11-10-20-15-22(28)17-23(29)16-20/h8-11,18-19,22-25,28-30H,6-7,12-17H2,1-5H3/b9-8+,21-11?/t18-,19+,22-,23-,24-,25-,27-/m1/s1. The summed E-state index contributed by atoms with van der Waals surface area (Å²) in [6.45, 7) is 10.7. The molecule has 3 nitrogen and oxygen atoms in total. The van der Waals surface area contributed by atoms with Crippen LogP contribution in [0.4, 0.5) is 0 Å². The highest BCUT2D eigenvalue weighted by molar-refractivity contribution is 5.26. The van der Waals surface area contributed by atoms with Gasteiger partial charge in [-0.2, -0.15) is 0 Å². The van der Waals surface area contributed by atoms with Crippen LogP contribution in [-0.4, -0.2) is 33.1 Å². The lowest BCUT2D eigenvalue weighted by molar-refractivity contribution is 0.0436. The van der Waals surface area contributed by atoms with Crippen molar-refractivity contribution in [3.63, 3.8) is 0 Å². The van der Waals surface area contributed by atoms with E-state index in [-0.39, 0.29) is 5.92 Å². The molecular formula is C27H44O3. The number of fused-ring (bicyclic) bond motifs is 1. The molecule has 0 unspecified atom stereocenters. The molecule has 30 heavy (non-hydrogen) atoms. The predicted molar refractivity (Wildman–Crippen MR) is 124 cm³/mol. The van der Waals surface area contributed by atoms with Gasteiger partial charge in [0.25, 0.3) is 0 Å². The van der Waals surface area contributed by atoms with Crippen LogP contribution in [-0.2, 0) is 0 Å². The summed E-state index contributed by atoms with van der Waals surface area (Å²) in [5.74, 6) is 2.00. The largest absolute Gasteiger partial charge is 0.393 e. The van der Waals surface area contributed by atoms with Crippen LogP contribution in [0.3, 0.4) is 0 Å². The highest BCUT2D eigenvalue weighted by atomic mass is 16.3. The van der Waals surface area contributed by atoms with Gasteiger partial charge in [0, 0.05) is 5.92 Å². The van der Waals surface area contributed by atoms with Gasteiger partial charge in [-0.15, -0.1) is 0 Å². The van der Waals surface area contributed by atoms with E-state index in [1.54, 1.807) is 5.57 Å². The molecule has 3 fully saturated rings. The molecule has 3 heteroatoms. The Bertz CT molecular complexity index is 671. The first-order chi connectivity index (χ1) is 14.0. The number of hydrogen-bond acceptors (Lipinski definition) is 3. The van der Waals surface area contributed by atoms with Crippen molar-refractivity contribution in [3.8, 4) is 0 Å². The van der Waals surface area contributed by atoms with Gasteiger partial charge in [-0.05, 0) is 88.4 Å². The lowest BCUT2D eigenvalue weighted by Gasteiger charge is -2.44. The molecule has 3 saturated carbocycles. The molecule has 0 aromatic heterocycles. The minimum atomic E-state index is -0.674. The third kappa shape index (κ3) is 5.29. The predicted octanol–water partition coefficient (Wildman–Crippen LogP) is 5.56. The highest BCUT2D eigenvalue weighted by Gasteiger charge is 2.50. The molecule has 3 aliphatic carbocycles. The van der Waals surface area contributed by atoms with Gasteiger partial charge in [0.2, 0.25) is 0 Å². The maximum absolute atomic E-state index is 10.2. The van der Waals surface area contributed by atoms with Gasteiger partial charge in [0.1, 0.15) is 0 Å². The number of aliphatic hydroxyl groups excluding tert-OH is 2. The smallest absolute Gasteiger partial charge is 0.0651 e. The van der Waals surface area contributed by atoms with Gasteiger partial charge < -0.3 is 15.3 Å². The van der Waals surface area contributed by atoms with E-state index in [2.05, 4.69) is 45.1 Å². The van der Waals surface area contributed by atoms with E-state index >= 15 is 0 Å². The molecule has 3 aliphatic rings. The molecule has 0 aromatic carbocycles. The summed E-state index contributed by atoms with van der Waals surface area (Å²) in [4.78, 5) is 0. The van der Waals surface area contributed by atoms with E-state index in [1.165, 1.54) is 37.7 Å². The summed E-state index contributed by atoms with van der Waals surface area (Å²) in [6.07, 6.45) is 16.5.